The van der Waals surface area contributed by atoms with Gasteiger partial charge in [0.15, 0.2) is 0 Å². The zero-order valence-corrected chi connectivity index (χ0v) is 10.3. The summed E-state index contributed by atoms with van der Waals surface area (Å²) in [6, 6.07) is 0. The Morgan fingerprint density at radius 1 is 1.50 bits per heavy atom. The van der Waals surface area contributed by atoms with E-state index in [4.69, 9.17) is 11.6 Å². The summed E-state index contributed by atoms with van der Waals surface area (Å²) in [7, 11) is 0. The van der Waals surface area contributed by atoms with Crippen molar-refractivity contribution >= 4 is 17.4 Å². The molecule has 0 N–H and O–H groups in total. The van der Waals surface area contributed by atoms with Crippen LogP contribution in [0.4, 0.5) is 0 Å². The van der Waals surface area contributed by atoms with Crippen LogP contribution in [0.3, 0.4) is 0 Å². The van der Waals surface area contributed by atoms with E-state index >= 15 is 0 Å². The molecule has 1 aliphatic carbocycles. The minimum Gasteiger partial charge on any atom is -0.299 e. The highest BCUT2D eigenvalue weighted by atomic mass is 35.5. The van der Waals surface area contributed by atoms with Crippen molar-refractivity contribution in [2.45, 2.75) is 51.5 Å². The van der Waals surface area contributed by atoms with Crippen LogP contribution >= 0.6 is 11.6 Å². The van der Waals surface area contributed by atoms with E-state index < -0.39 is 0 Å². The summed E-state index contributed by atoms with van der Waals surface area (Å²) in [6.45, 7) is 2.79. The highest BCUT2D eigenvalue weighted by Gasteiger charge is 2.27. The SMILES string of the molecule is CCn1ncc(Cl)c1C1CCCCCC1=O. The van der Waals surface area contributed by atoms with E-state index in [1.807, 2.05) is 11.6 Å². The van der Waals surface area contributed by atoms with Gasteiger partial charge in [-0.3, -0.25) is 9.48 Å². The van der Waals surface area contributed by atoms with Gasteiger partial charge >= 0.3 is 0 Å². The maximum absolute atomic E-state index is 12.0. The fourth-order valence-electron chi connectivity index (χ4n) is 2.42. The van der Waals surface area contributed by atoms with Crippen LogP contribution in [-0.4, -0.2) is 15.6 Å². The first-order valence-corrected chi connectivity index (χ1v) is 6.35. The molecule has 0 spiro atoms. The molecule has 1 fully saturated rings. The molecule has 88 valence electrons. The fraction of sp³-hybridized carbons (Fsp3) is 0.667. The summed E-state index contributed by atoms with van der Waals surface area (Å²) in [5.74, 6) is 0.298. The second-order valence-electron chi connectivity index (χ2n) is 4.31. The van der Waals surface area contributed by atoms with Crippen LogP contribution in [0.2, 0.25) is 5.02 Å². The summed E-state index contributed by atoms with van der Waals surface area (Å²) in [4.78, 5) is 12.0. The number of hydrogen-bond donors (Lipinski definition) is 0. The maximum Gasteiger partial charge on any atom is 0.141 e. The van der Waals surface area contributed by atoms with Gasteiger partial charge in [0.25, 0.3) is 0 Å². The summed E-state index contributed by atoms with van der Waals surface area (Å²) in [5, 5.41) is 4.85. The van der Waals surface area contributed by atoms with Crippen LogP contribution in [-0.2, 0) is 11.3 Å². The van der Waals surface area contributed by atoms with Crippen LogP contribution in [0.5, 0.6) is 0 Å². The third-order valence-corrected chi connectivity index (χ3v) is 3.56. The van der Waals surface area contributed by atoms with Crippen LogP contribution < -0.4 is 0 Å². The molecule has 3 nitrogen and oxygen atoms in total. The third kappa shape index (κ3) is 2.14. The minimum absolute atomic E-state index is 0.0301. The normalized spacial score (nSPS) is 22.1. The molecule has 0 aromatic carbocycles. The summed E-state index contributed by atoms with van der Waals surface area (Å²) < 4.78 is 1.86. The number of ketones is 1. The number of aryl methyl sites for hydroxylation is 1. The molecule has 1 aromatic heterocycles. The van der Waals surface area contributed by atoms with Gasteiger partial charge in [-0.2, -0.15) is 5.10 Å². The molecule has 1 unspecified atom stereocenters. The number of aromatic nitrogens is 2. The topological polar surface area (TPSA) is 34.9 Å². The van der Waals surface area contributed by atoms with Crippen molar-refractivity contribution in [1.82, 2.24) is 9.78 Å². The van der Waals surface area contributed by atoms with Crippen molar-refractivity contribution in [3.63, 3.8) is 0 Å². The van der Waals surface area contributed by atoms with Gasteiger partial charge in [-0.25, -0.2) is 0 Å². The third-order valence-electron chi connectivity index (χ3n) is 3.27. The number of Topliss-reactive ketones (excluding diaryl/α,β-unsaturated/α-hetero) is 1. The summed E-state index contributed by atoms with van der Waals surface area (Å²) in [6.07, 6.45) is 6.55. The Morgan fingerprint density at radius 3 is 3.06 bits per heavy atom. The number of nitrogens with zero attached hydrogens (tertiary/aromatic N) is 2. The highest BCUT2D eigenvalue weighted by Crippen LogP contribution is 2.33. The predicted octanol–water partition coefficient (Wildman–Crippen LogP) is 3.17. The second-order valence-corrected chi connectivity index (χ2v) is 4.72. The van der Waals surface area contributed by atoms with E-state index in [0.717, 1.165) is 37.9 Å². The Balaban J connectivity index is 2.33. The molecule has 4 heteroatoms. The van der Waals surface area contributed by atoms with E-state index in [-0.39, 0.29) is 5.92 Å². The predicted molar refractivity (Wildman–Crippen MR) is 63.7 cm³/mol. The lowest BCUT2D eigenvalue weighted by atomic mass is 9.95. The molecule has 0 aliphatic heterocycles. The fourth-order valence-corrected chi connectivity index (χ4v) is 2.69. The number of carbonyl (C=O) groups excluding carboxylic acids is 1. The number of rotatable bonds is 2. The van der Waals surface area contributed by atoms with Crippen LogP contribution in [0, 0.1) is 0 Å². The zero-order valence-electron chi connectivity index (χ0n) is 9.58. The van der Waals surface area contributed by atoms with Crippen molar-refractivity contribution in [2.75, 3.05) is 0 Å². The van der Waals surface area contributed by atoms with E-state index in [1.165, 1.54) is 0 Å². The quantitative estimate of drug-likeness (QED) is 0.745. The van der Waals surface area contributed by atoms with Gasteiger partial charge in [0.2, 0.25) is 0 Å². The van der Waals surface area contributed by atoms with E-state index in [1.54, 1.807) is 6.20 Å². The average Bonchev–Trinajstić information content (AvgIpc) is 2.51. The molecule has 0 amide bonds. The molecular weight excluding hydrogens is 224 g/mol. The Morgan fingerprint density at radius 2 is 2.31 bits per heavy atom. The Labute approximate surface area is 101 Å². The lowest BCUT2D eigenvalue weighted by molar-refractivity contribution is -0.120. The van der Waals surface area contributed by atoms with Crippen molar-refractivity contribution in [1.29, 1.82) is 0 Å². The molecule has 16 heavy (non-hydrogen) atoms. The molecule has 1 atom stereocenters. The van der Waals surface area contributed by atoms with Crippen LogP contribution in [0.1, 0.15) is 50.6 Å². The highest BCUT2D eigenvalue weighted by molar-refractivity contribution is 6.31. The maximum atomic E-state index is 12.0. The standard InChI is InChI=1S/C12H17ClN2O/c1-2-15-12(10(13)8-14-15)9-6-4-3-5-7-11(9)16/h8-9H,2-7H2,1H3. The zero-order chi connectivity index (χ0) is 11.5. The van der Waals surface area contributed by atoms with Crippen LogP contribution in [0.25, 0.3) is 0 Å². The molecule has 1 aliphatic rings. The Bertz CT molecular complexity index is 386. The van der Waals surface area contributed by atoms with Gasteiger partial charge < -0.3 is 0 Å². The number of hydrogen-bond acceptors (Lipinski definition) is 2. The first-order valence-electron chi connectivity index (χ1n) is 5.98. The summed E-state index contributed by atoms with van der Waals surface area (Å²) in [5.41, 5.74) is 0.927. The molecular formula is C12H17ClN2O. The van der Waals surface area contributed by atoms with Crippen molar-refractivity contribution in [2.24, 2.45) is 0 Å². The smallest absolute Gasteiger partial charge is 0.141 e. The van der Waals surface area contributed by atoms with Crippen molar-refractivity contribution < 1.29 is 4.79 Å². The second kappa shape index (κ2) is 5.00. The van der Waals surface area contributed by atoms with Gasteiger partial charge in [0.1, 0.15) is 5.78 Å². The first kappa shape index (κ1) is 11.6. The van der Waals surface area contributed by atoms with Gasteiger partial charge in [0.05, 0.1) is 22.8 Å². The number of carbonyl (C=O) groups is 1. The largest absolute Gasteiger partial charge is 0.299 e. The summed E-state index contributed by atoms with van der Waals surface area (Å²) >= 11 is 6.14. The minimum atomic E-state index is -0.0301. The van der Waals surface area contributed by atoms with Crippen LogP contribution in [0.15, 0.2) is 6.20 Å². The van der Waals surface area contributed by atoms with Crippen molar-refractivity contribution in [3.05, 3.63) is 16.9 Å². The molecule has 0 bridgehead atoms. The lowest BCUT2D eigenvalue weighted by Crippen LogP contribution is -2.16. The van der Waals surface area contributed by atoms with E-state index in [0.29, 0.717) is 17.2 Å². The monoisotopic (exact) mass is 240 g/mol. The lowest BCUT2D eigenvalue weighted by Gasteiger charge is -2.15. The van der Waals surface area contributed by atoms with Gasteiger partial charge in [-0.1, -0.05) is 24.4 Å². The van der Waals surface area contributed by atoms with E-state index in [2.05, 4.69) is 5.10 Å². The number of halogens is 1. The molecule has 1 saturated carbocycles. The van der Waals surface area contributed by atoms with E-state index in [9.17, 15) is 4.79 Å². The van der Waals surface area contributed by atoms with Gasteiger partial charge in [0, 0.05) is 13.0 Å². The average molecular weight is 241 g/mol. The van der Waals surface area contributed by atoms with Gasteiger partial charge in [-0.05, 0) is 19.8 Å². The molecule has 1 aromatic rings. The van der Waals surface area contributed by atoms with Crippen molar-refractivity contribution in [3.8, 4) is 0 Å². The Kier molecular flexibility index (Phi) is 3.64. The molecule has 2 rings (SSSR count). The molecule has 0 radical (unpaired) electrons. The Hall–Kier alpha value is -0.830. The first-order chi connectivity index (χ1) is 7.74. The molecule has 0 saturated heterocycles. The van der Waals surface area contributed by atoms with Gasteiger partial charge in [-0.15, -0.1) is 0 Å². The molecule has 1 heterocycles.